The summed E-state index contributed by atoms with van der Waals surface area (Å²) in [5, 5.41) is 11.0. The second kappa shape index (κ2) is 8.73. The van der Waals surface area contributed by atoms with Crippen molar-refractivity contribution in [1.82, 2.24) is 19.7 Å². The Labute approximate surface area is 175 Å². The molecule has 2 amide bonds. The van der Waals surface area contributed by atoms with Gasteiger partial charge in [0, 0.05) is 41.0 Å². The molecule has 7 nitrogen and oxygen atoms in total. The first-order valence-corrected chi connectivity index (χ1v) is 10.6. The highest BCUT2D eigenvalue weighted by molar-refractivity contribution is 7.15. The molecule has 29 heavy (non-hydrogen) atoms. The van der Waals surface area contributed by atoms with Gasteiger partial charge in [0.05, 0.1) is 5.69 Å². The molecule has 0 spiro atoms. The van der Waals surface area contributed by atoms with Crippen LogP contribution in [-0.4, -0.2) is 25.8 Å². The Kier molecular flexibility index (Phi) is 6.32. The first-order valence-electron chi connectivity index (χ1n) is 9.74. The molecule has 8 heteroatoms. The highest BCUT2D eigenvalue weighted by Gasteiger charge is 2.22. The van der Waals surface area contributed by atoms with Gasteiger partial charge in [-0.1, -0.05) is 20.8 Å². The molecule has 0 bridgehead atoms. The number of anilines is 2. The van der Waals surface area contributed by atoms with E-state index in [-0.39, 0.29) is 17.5 Å². The van der Waals surface area contributed by atoms with Crippen LogP contribution in [0.3, 0.4) is 0 Å². The number of pyridine rings is 1. The molecule has 0 aliphatic carbocycles. The van der Waals surface area contributed by atoms with Crippen LogP contribution in [-0.2, 0) is 18.3 Å². The maximum absolute atomic E-state index is 12.5. The summed E-state index contributed by atoms with van der Waals surface area (Å²) in [6, 6.07) is 5.78. The second-order valence-corrected chi connectivity index (χ2v) is 9.38. The van der Waals surface area contributed by atoms with Crippen molar-refractivity contribution >= 4 is 28.3 Å². The van der Waals surface area contributed by atoms with Crippen LogP contribution in [0.1, 0.15) is 56.8 Å². The quantitative estimate of drug-likeness (QED) is 0.594. The molecule has 0 radical (unpaired) electrons. The SMILES string of the molecule is CC(C)n1nc(C(C)(C)C)cc1NC(=O)Nc1ncc(CCc2ccncc2)s1. The van der Waals surface area contributed by atoms with Gasteiger partial charge in [-0.3, -0.25) is 15.6 Å². The number of urea groups is 1. The van der Waals surface area contributed by atoms with Gasteiger partial charge in [-0.2, -0.15) is 5.10 Å². The zero-order valence-corrected chi connectivity index (χ0v) is 18.4. The minimum Gasteiger partial charge on any atom is -0.292 e. The maximum Gasteiger partial charge on any atom is 0.326 e. The van der Waals surface area contributed by atoms with Crippen LogP contribution in [0.15, 0.2) is 36.8 Å². The Morgan fingerprint density at radius 1 is 1.17 bits per heavy atom. The fourth-order valence-corrected chi connectivity index (χ4v) is 3.60. The Bertz CT molecular complexity index is 955. The zero-order valence-electron chi connectivity index (χ0n) is 17.6. The molecule has 0 aliphatic rings. The molecule has 0 unspecified atom stereocenters. The third kappa shape index (κ3) is 5.63. The summed E-state index contributed by atoms with van der Waals surface area (Å²) in [6.45, 7) is 10.4. The Hall–Kier alpha value is -2.74. The third-order valence-corrected chi connectivity index (χ3v) is 5.39. The van der Waals surface area contributed by atoms with E-state index < -0.39 is 0 Å². The Balaban J connectivity index is 1.61. The number of amides is 2. The van der Waals surface area contributed by atoms with Gasteiger partial charge in [0.1, 0.15) is 5.82 Å². The molecule has 3 heterocycles. The minimum atomic E-state index is -0.317. The van der Waals surface area contributed by atoms with Gasteiger partial charge >= 0.3 is 6.03 Å². The van der Waals surface area contributed by atoms with Crippen molar-refractivity contribution in [2.75, 3.05) is 10.6 Å². The number of nitrogens with one attached hydrogen (secondary N) is 2. The normalized spacial score (nSPS) is 11.7. The highest BCUT2D eigenvalue weighted by atomic mass is 32.1. The van der Waals surface area contributed by atoms with Crippen LogP contribution < -0.4 is 10.6 Å². The van der Waals surface area contributed by atoms with Crippen molar-refractivity contribution in [2.24, 2.45) is 0 Å². The molecule has 3 aromatic heterocycles. The summed E-state index contributed by atoms with van der Waals surface area (Å²) in [4.78, 5) is 22.0. The molecule has 3 aromatic rings. The molecular weight excluding hydrogens is 384 g/mol. The van der Waals surface area contributed by atoms with Crippen molar-refractivity contribution in [3.8, 4) is 0 Å². The van der Waals surface area contributed by atoms with Crippen molar-refractivity contribution in [3.63, 3.8) is 0 Å². The van der Waals surface area contributed by atoms with Crippen molar-refractivity contribution < 1.29 is 4.79 Å². The lowest BCUT2D eigenvalue weighted by Crippen LogP contribution is -2.22. The molecule has 0 atom stereocenters. The molecule has 0 aromatic carbocycles. The summed E-state index contributed by atoms with van der Waals surface area (Å²) in [5.41, 5.74) is 2.08. The largest absolute Gasteiger partial charge is 0.326 e. The summed E-state index contributed by atoms with van der Waals surface area (Å²) in [6.07, 6.45) is 7.20. The minimum absolute atomic E-state index is 0.0912. The number of aryl methyl sites for hydroxylation is 2. The second-order valence-electron chi connectivity index (χ2n) is 8.27. The molecule has 154 valence electrons. The van der Waals surface area contributed by atoms with Crippen LogP contribution in [0.2, 0.25) is 0 Å². The number of aromatic nitrogens is 4. The van der Waals surface area contributed by atoms with Gasteiger partial charge < -0.3 is 0 Å². The number of carbonyl (C=O) groups excluding carboxylic acids is 1. The smallest absolute Gasteiger partial charge is 0.292 e. The Morgan fingerprint density at radius 3 is 2.55 bits per heavy atom. The molecule has 0 saturated carbocycles. The summed E-state index contributed by atoms with van der Waals surface area (Å²) < 4.78 is 1.84. The van der Waals surface area contributed by atoms with E-state index in [2.05, 4.69) is 46.5 Å². The molecule has 0 fully saturated rings. The molecule has 0 aliphatic heterocycles. The van der Waals surface area contributed by atoms with Gasteiger partial charge in [0.2, 0.25) is 0 Å². The zero-order chi connectivity index (χ0) is 21.0. The number of thiazole rings is 1. The lowest BCUT2D eigenvalue weighted by atomic mass is 9.92. The predicted molar refractivity (Wildman–Crippen MR) is 118 cm³/mol. The molecule has 2 N–H and O–H groups in total. The van der Waals surface area contributed by atoms with E-state index in [1.807, 2.05) is 42.9 Å². The fraction of sp³-hybridized carbons (Fsp3) is 0.429. The van der Waals surface area contributed by atoms with Crippen LogP contribution >= 0.6 is 11.3 Å². The average molecular weight is 413 g/mol. The number of carbonyl (C=O) groups is 1. The predicted octanol–water partition coefficient (Wildman–Crippen LogP) is 5.04. The summed E-state index contributed by atoms with van der Waals surface area (Å²) in [5.74, 6) is 0.678. The van der Waals surface area contributed by atoms with E-state index in [0.29, 0.717) is 10.9 Å². The van der Waals surface area contributed by atoms with Gasteiger partial charge in [0.25, 0.3) is 0 Å². The summed E-state index contributed by atoms with van der Waals surface area (Å²) >= 11 is 1.49. The highest BCUT2D eigenvalue weighted by Crippen LogP contribution is 2.26. The van der Waals surface area contributed by atoms with E-state index >= 15 is 0 Å². The van der Waals surface area contributed by atoms with Crippen molar-refractivity contribution in [1.29, 1.82) is 0 Å². The summed E-state index contributed by atoms with van der Waals surface area (Å²) in [7, 11) is 0. The van der Waals surface area contributed by atoms with Gasteiger partial charge in [0.15, 0.2) is 5.13 Å². The van der Waals surface area contributed by atoms with Crippen molar-refractivity contribution in [2.45, 2.75) is 58.9 Å². The van der Waals surface area contributed by atoms with E-state index in [1.165, 1.54) is 16.9 Å². The first kappa shape index (κ1) is 21.0. The number of hydrogen-bond acceptors (Lipinski definition) is 5. The number of rotatable bonds is 6. The monoisotopic (exact) mass is 412 g/mol. The lowest BCUT2D eigenvalue weighted by Gasteiger charge is -2.14. The van der Waals surface area contributed by atoms with Gasteiger partial charge in [-0.05, 0) is 44.4 Å². The van der Waals surface area contributed by atoms with Crippen LogP contribution in [0.25, 0.3) is 0 Å². The van der Waals surface area contributed by atoms with Crippen LogP contribution in [0.5, 0.6) is 0 Å². The van der Waals surface area contributed by atoms with Crippen LogP contribution in [0, 0.1) is 0 Å². The standard InChI is InChI=1S/C21H28N6OS/c1-14(2)27-18(12-17(26-27)21(3,4)5)24-19(28)25-20-23-13-16(29-20)7-6-15-8-10-22-11-9-15/h8-14H,6-7H2,1-5H3,(H2,23,24,25,28). The maximum atomic E-state index is 12.5. The van der Waals surface area contributed by atoms with Crippen LogP contribution in [0.4, 0.5) is 15.7 Å². The lowest BCUT2D eigenvalue weighted by molar-refractivity contribution is 0.262. The Morgan fingerprint density at radius 2 is 1.90 bits per heavy atom. The first-order chi connectivity index (χ1) is 13.7. The third-order valence-electron chi connectivity index (χ3n) is 4.42. The van der Waals surface area contributed by atoms with E-state index in [4.69, 9.17) is 0 Å². The number of nitrogens with zero attached hydrogens (tertiary/aromatic N) is 4. The van der Waals surface area contributed by atoms with E-state index in [0.717, 1.165) is 23.4 Å². The topological polar surface area (TPSA) is 84.7 Å². The number of hydrogen-bond donors (Lipinski definition) is 2. The van der Waals surface area contributed by atoms with Gasteiger partial charge in [-0.15, -0.1) is 11.3 Å². The molecule has 3 rings (SSSR count). The van der Waals surface area contributed by atoms with Crippen molar-refractivity contribution in [3.05, 3.63) is 52.9 Å². The average Bonchev–Trinajstić information content (AvgIpc) is 3.27. The molecular formula is C21H28N6OS. The van der Waals surface area contributed by atoms with E-state index in [9.17, 15) is 4.79 Å². The fourth-order valence-electron chi connectivity index (χ4n) is 2.79. The van der Waals surface area contributed by atoms with E-state index in [1.54, 1.807) is 12.4 Å². The van der Waals surface area contributed by atoms with Gasteiger partial charge in [-0.25, -0.2) is 14.5 Å². The molecule has 0 saturated heterocycles.